The Morgan fingerprint density at radius 3 is 0.949 bits per heavy atom. The highest BCUT2D eigenvalue weighted by atomic mass is 14.9. The molecule has 0 aromatic heterocycles. The van der Waals surface area contributed by atoms with Gasteiger partial charge in [-0.05, 0) is 116 Å². The zero-order valence-electron chi connectivity index (χ0n) is 33.4. The molecule has 0 heterocycles. The van der Waals surface area contributed by atoms with Crippen molar-refractivity contribution in [2.45, 2.75) is 19.8 Å². The van der Waals surface area contributed by atoms with E-state index in [0.29, 0.717) is 0 Å². The Morgan fingerprint density at radius 1 is 0.288 bits per heavy atom. The van der Waals surface area contributed by atoms with Crippen LogP contribution in [0.1, 0.15) is 25.3 Å². The third-order valence-electron chi connectivity index (χ3n) is 11.0. The fourth-order valence-corrected chi connectivity index (χ4v) is 8.32. The summed E-state index contributed by atoms with van der Waals surface area (Å²) in [6, 6.07) is 80.4. The van der Waals surface area contributed by atoms with Crippen LogP contribution in [0.4, 0.5) is 22.7 Å². The zero-order valence-corrected chi connectivity index (χ0v) is 33.4. The summed E-state index contributed by atoms with van der Waals surface area (Å²) in [5.74, 6) is 0.171. The SMILES string of the molecule is CC(C)c1c(-c2c(Nc3ccccc3)cc(-c3ccccc3)cc2-c2ccccc2)cccc1-c1c(Nc2ccccc2)cc(-c2ccccc2)cc1-c1ccccc1. The lowest BCUT2D eigenvalue weighted by Crippen LogP contribution is -2.04. The van der Waals surface area contributed by atoms with Gasteiger partial charge in [0.25, 0.3) is 0 Å². The van der Waals surface area contributed by atoms with Crippen molar-refractivity contribution in [1.29, 1.82) is 0 Å². The van der Waals surface area contributed by atoms with Gasteiger partial charge in [0, 0.05) is 33.9 Å². The van der Waals surface area contributed by atoms with Crippen LogP contribution in [0.25, 0.3) is 66.8 Å². The van der Waals surface area contributed by atoms with Crippen LogP contribution in [0, 0.1) is 0 Å². The van der Waals surface area contributed by atoms with Crippen molar-refractivity contribution in [2.75, 3.05) is 10.6 Å². The van der Waals surface area contributed by atoms with E-state index in [4.69, 9.17) is 0 Å². The van der Waals surface area contributed by atoms with E-state index in [1.54, 1.807) is 0 Å². The van der Waals surface area contributed by atoms with Crippen molar-refractivity contribution in [3.63, 3.8) is 0 Å². The van der Waals surface area contributed by atoms with Crippen molar-refractivity contribution in [1.82, 2.24) is 0 Å². The monoisotopic (exact) mass is 758 g/mol. The molecule has 0 aliphatic heterocycles. The zero-order chi connectivity index (χ0) is 40.0. The molecule has 2 nitrogen and oxygen atoms in total. The van der Waals surface area contributed by atoms with Crippen molar-refractivity contribution < 1.29 is 0 Å². The number of nitrogens with one attached hydrogen (secondary N) is 2. The van der Waals surface area contributed by atoms with Gasteiger partial charge in [0.2, 0.25) is 0 Å². The first-order valence-corrected chi connectivity index (χ1v) is 20.5. The maximum Gasteiger partial charge on any atom is 0.0476 e. The predicted molar refractivity (Wildman–Crippen MR) is 253 cm³/mol. The lowest BCUT2D eigenvalue weighted by atomic mass is 9.79. The largest absolute Gasteiger partial charge is 0.355 e. The highest BCUT2D eigenvalue weighted by molar-refractivity contribution is 6.03. The van der Waals surface area contributed by atoms with Crippen LogP contribution in [-0.4, -0.2) is 0 Å². The summed E-state index contributed by atoms with van der Waals surface area (Å²) >= 11 is 0. The Kier molecular flexibility index (Phi) is 10.7. The van der Waals surface area contributed by atoms with Crippen molar-refractivity contribution >= 4 is 22.7 Å². The van der Waals surface area contributed by atoms with Crippen LogP contribution in [0.2, 0.25) is 0 Å². The summed E-state index contributed by atoms with van der Waals surface area (Å²) < 4.78 is 0. The summed E-state index contributed by atoms with van der Waals surface area (Å²) in [6.07, 6.45) is 0. The van der Waals surface area contributed by atoms with E-state index in [1.165, 1.54) is 61.2 Å². The average molecular weight is 759 g/mol. The lowest BCUT2D eigenvalue weighted by Gasteiger charge is -2.27. The molecular weight excluding hydrogens is 713 g/mol. The molecular formula is C57H46N2. The third kappa shape index (κ3) is 7.94. The molecule has 0 saturated carbocycles. The van der Waals surface area contributed by atoms with Crippen LogP contribution in [0.5, 0.6) is 0 Å². The van der Waals surface area contributed by atoms with Crippen LogP contribution in [0.3, 0.4) is 0 Å². The first-order chi connectivity index (χ1) is 29.1. The quantitative estimate of drug-likeness (QED) is 0.137. The summed E-state index contributed by atoms with van der Waals surface area (Å²) in [5, 5.41) is 7.82. The Morgan fingerprint density at radius 2 is 0.610 bits per heavy atom. The molecule has 0 aliphatic rings. The first-order valence-electron chi connectivity index (χ1n) is 20.5. The highest BCUT2D eigenvalue weighted by Crippen LogP contribution is 2.50. The number of rotatable bonds is 11. The number of anilines is 4. The van der Waals surface area contributed by atoms with Gasteiger partial charge in [0.05, 0.1) is 0 Å². The summed E-state index contributed by atoms with van der Waals surface area (Å²) in [5.41, 5.74) is 19.6. The topological polar surface area (TPSA) is 24.1 Å². The lowest BCUT2D eigenvalue weighted by molar-refractivity contribution is 0.871. The standard InChI is InChI=1S/C57H46N2/c1-40(2)55-49(56-51(43-26-13-5-14-27-43)36-45(41-22-9-3-10-23-41)38-53(56)58-47-30-17-7-18-31-47)34-21-35-50(55)57-52(44-28-15-6-16-29-44)37-46(42-24-11-4-12-25-42)39-54(57)59-48-32-19-8-20-33-48/h3-40,58-59H,1-2H3. The molecule has 284 valence electrons. The fourth-order valence-electron chi connectivity index (χ4n) is 8.32. The van der Waals surface area contributed by atoms with Gasteiger partial charge >= 0.3 is 0 Å². The maximum atomic E-state index is 3.91. The second-order valence-corrected chi connectivity index (χ2v) is 15.3. The molecule has 9 aromatic rings. The number of hydrogen-bond donors (Lipinski definition) is 2. The van der Waals surface area contributed by atoms with E-state index >= 15 is 0 Å². The molecule has 0 atom stereocenters. The fraction of sp³-hybridized carbons (Fsp3) is 0.0526. The molecule has 9 rings (SSSR count). The Bertz CT molecular complexity index is 2610. The van der Waals surface area contributed by atoms with Crippen LogP contribution in [-0.2, 0) is 0 Å². The molecule has 0 spiro atoms. The highest BCUT2D eigenvalue weighted by Gasteiger charge is 2.25. The van der Waals surface area contributed by atoms with Gasteiger partial charge in [-0.25, -0.2) is 0 Å². The van der Waals surface area contributed by atoms with Crippen LogP contribution < -0.4 is 10.6 Å². The number of para-hydroxylation sites is 2. The average Bonchev–Trinajstić information content (AvgIpc) is 3.30. The Labute approximate surface area is 348 Å². The normalized spacial score (nSPS) is 11.0. The van der Waals surface area contributed by atoms with Crippen LogP contribution >= 0.6 is 0 Å². The van der Waals surface area contributed by atoms with Gasteiger partial charge in [-0.3, -0.25) is 0 Å². The second-order valence-electron chi connectivity index (χ2n) is 15.3. The summed E-state index contributed by atoms with van der Waals surface area (Å²) in [6.45, 7) is 4.66. The molecule has 0 unspecified atom stereocenters. The molecule has 59 heavy (non-hydrogen) atoms. The van der Waals surface area contributed by atoms with E-state index in [2.05, 4.69) is 249 Å². The first kappa shape index (κ1) is 37.2. The van der Waals surface area contributed by atoms with Gasteiger partial charge < -0.3 is 10.6 Å². The minimum Gasteiger partial charge on any atom is -0.355 e. The smallest absolute Gasteiger partial charge is 0.0476 e. The van der Waals surface area contributed by atoms with Gasteiger partial charge in [0.15, 0.2) is 0 Å². The molecule has 0 aliphatic carbocycles. The molecule has 9 aromatic carbocycles. The van der Waals surface area contributed by atoms with E-state index in [9.17, 15) is 0 Å². The molecule has 0 saturated heterocycles. The minimum absolute atomic E-state index is 0.171. The van der Waals surface area contributed by atoms with Crippen molar-refractivity contribution in [3.8, 4) is 66.8 Å². The van der Waals surface area contributed by atoms with Crippen molar-refractivity contribution in [3.05, 3.63) is 230 Å². The van der Waals surface area contributed by atoms with E-state index in [-0.39, 0.29) is 5.92 Å². The van der Waals surface area contributed by atoms with E-state index in [0.717, 1.165) is 33.9 Å². The second kappa shape index (κ2) is 17.0. The summed E-state index contributed by atoms with van der Waals surface area (Å²) in [4.78, 5) is 0. The van der Waals surface area contributed by atoms with Gasteiger partial charge in [-0.1, -0.05) is 190 Å². The van der Waals surface area contributed by atoms with E-state index in [1.807, 2.05) is 0 Å². The molecule has 0 radical (unpaired) electrons. The predicted octanol–water partition coefficient (Wildman–Crippen LogP) is 16.3. The van der Waals surface area contributed by atoms with E-state index < -0.39 is 0 Å². The number of hydrogen-bond acceptors (Lipinski definition) is 2. The maximum absolute atomic E-state index is 3.91. The molecule has 2 N–H and O–H groups in total. The van der Waals surface area contributed by atoms with Crippen molar-refractivity contribution in [2.24, 2.45) is 0 Å². The van der Waals surface area contributed by atoms with Gasteiger partial charge in [0.1, 0.15) is 0 Å². The Balaban J connectivity index is 1.37. The minimum atomic E-state index is 0.171. The molecule has 2 heteroatoms. The third-order valence-corrected chi connectivity index (χ3v) is 11.0. The van der Waals surface area contributed by atoms with Crippen LogP contribution in [0.15, 0.2) is 224 Å². The Hall–Kier alpha value is -7.42. The molecule has 0 bridgehead atoms. The molecule has 0 amide bonds. The summed E-state index contributed by atoms with van der Waals surface area (Å²) in [7, 11) is 0. The van der Waals surface area contributed by atoms with Gasteiger partial charge in [-0.2, -0.15) is 0 Å². The number of benzene rings is 9. The van der Waals surface area contributed by atoms with Gasteiger partial charge in [-0.15, -0.1) is 0 Å². The molecule has 0 fully saturated rings.